The van der Waals surface area contributed by atoms with Gasteiger partial charge in [-0.2, -0.15) is 8.78 Å². The van der Waals surface area contributed by atoms with Crippen LogP contribution in [0.25, 0.3) is 0 Å². The Labute approximate surface area is 110 Å². The molecule has 0 saturated heterocycles. The number of ether oxygens (including phenoxy) is 2. The highest BCUT2D eigenvalue weighted by molar-refractivity contribution is 9.08. The number of benzene rings is 1. The lowest BCUT2D eigenvalue weighted by atomic mass is 10.0. The van der Waals surface area contributed by atoms with E-state index in [4.69, 9.17) is 0 Å². The molecule has 1 aromatic rings. The molecule has 0 atom stereocenters. The Morgan fingerprint density at radius 1 is 1.39 bits per heavy atom. The maximum Gasteiger partial charge on any atom is 0.387 e. The van der Waals surface area contributed by atoms with Gasteiger partial charge in [0, 0.05) is 16.5 Å². The summed E-state index contributed by atoms with van der Waals surface area (Å²) >= 11 is 3.04. The third-order valence-corrected chi connectivity index (χ3v) is 2.79. The molecule has 0 saturated carbocycles. The van der Waals surface area contributed by atoms with Crippen molar-refractivity contribution < 1.29 is 27.4 Å². The second kappa shape index (κ2) is 6.63. The highest BCUT2D eigenvalue weighted by Crippen LogP contribution is 2.29. The van der Waals surface area contributed by atoms with Crippen molar-refractivity contribution in [3.05, 3.63) is 29.1 Å². The van der Waals surface area contributed by atoms with Gasteiger partial charge in [-0.25, -0.2) is 4.39 Å². The molecule has 0 spiro atoms. The third-order valence-electron chi connectivity index (χ3n) is 2.23. The molecular formula is C11H10BrF3O3. The Balaban J connectivity index is 3.20. The second-order valence-electron chi connectivity index (χ2n) is 3.27. The fourth-order valence-electron chi connectivity index (χ4n) is 1.40. The van der Waals surface area contributed by atoms with Crippen LogP contribution in [0, 0.1) is 5.82 Å². The minimum atomic E-state index is -3.05. The Morgan fingerprint density at radius 3 is 2.56 bits per heavy atom. The maximum absolute atomic E-state index is 13.5. The van der Waals surface area contributed by atoms with Gasteiger partial charge in [0.05, 0.1) is 13.5 Å². The van der Waals surface area contributed by atoms with E-state index in [1.165, 1.54) is 0 Å². The molecule has 0 aliphatic heterocycles. The molecule has 18 heavy (non-hydrogen) atoms. The van der Waals surface area contributed by atoms with Gasteiger partial charge in [-0.15, -0.1) is 0 Å². The minimum absolute atomic E-state index is 0.0547. The van der Waals surface area contributed by atoms with E-state index in [9.17, 15) is 18.0 Å². The Kier molecular flexibility index (Phi) is 5.46. The van der Waals surface area contributed by atoms with Crippen molar-refractivity contribution in [2.24, 2.45) is 0 Å². The fraction of sp³-hybridized carbons (Fsp3) is 0.364. The zero-order valence-corrected chi connectivity index (χ0v) is 11.0. The Bertz CT molecular complexity index is 438. The molecule has 7 heteroatoms. The smallest absolute Gasteiger partial charge is 0.387 e. The summed E-state index contributed by atoms with van der Waals surface area (Å²) in [6.07, 6.45) is -0.336. The quantitative estimate of drug-likeness (QED) is 0.616. The molecule has 0 heterocycles. The van der Waals surface area contributed by atoms with Gasteiger partial charge >= 0.3 is 12.6 Å². The van der Waals surface area contributed by atoms with Crippen LogP contribution < -0.4 is 4.74 Å². The van der Waals surface area contributed by atoms with Gasteiger partial charge in [-0.3, -0.25) is 4.79 Å². The molecule has 1 rings (SSSR count). The summed E-state index contributed by atoms with van der Waals surface area (Å²) in [6, 6.07) is 2.07. The van der Waals surface area contributed by atoms with Crippen LogP contribution in [0.2, 0.25) is 0 Å². The molecule has 0 unspecified atom stereocenters. The van der Waals surface area contributed by atoms with Crippen LogP contribution in [0.3, 0.4) is 0 Å². The van der Waals surface area contributed by atoms with E-state index in [2.05, 4.69) is 25.4 Å². The molecule has 0 radical (unpaired) electrons. The van der Waals surface area contributed by atoms with Crippen LogP contribution in [-0.4, -0.2) is 19.7 Å². The van der Waals surface area contributed by atoms with Crippen molar-refractivity contribution in [1.29, 1.82) is 0 Å². The maximum atomic E-state index is 13.5. The number of hydrogen-bond acceptors (Lipinski definition) is 3. The minimum Gasteiger partial charge on any atom is -0.469 e. The van der Waals surface area contributed by atoms with Gasteiger partial charge in [-0.1, -0.05) is 15.9 Å². The van der Waals surface area contributed by atoms with E-state index in [1.807, 2.05) is 0 Å². The molecule has 0 aromatic heterocycles. The van der Waals surface area contributed by atoms with E-state index in [-0.39, 0.29) is 28.6 Å². The predicted octanol–water partition coefficient (Wildman–Crippen LogP) is 3.04. The first-order valence-corrected chi connectivity index (χ1v) is 5.99. The Morgan fingerprint density at radius 2 is 2.06 bits per heavy atom. The molecule has 3 nitrogen and oxygen atoms in total. The molecule has 0 N–H and O–H groups in total. The average Bonchev–Trinajstić information content (AvgIpc) is 2.32. The predicted molar refractivity (Wildman–Crippen MR) is 61.4 cm³/mol. The number of halogens is 4. The number of esters is 1. The van der Waals surface area contributed by atoms with E-state index >= 15 is 0 Å². The summed E-state index contributed by atoms with van der Waals surface area (Å²) in [5.41, 5.74) is 0.151. The number of alkyl halides is 3. The van der Waals surface area contributed by atoms with Crippen molar-refractivity contribution in [2.45, 2.75) is 18.4 Å². The average molecular weight is 327 g/mol. The van der Waals surface area contributed by atoms with Crippen LogP contribution >= 0.6 is 15.9 Å². The van der Waals surface area contributed by atoms with Crippen molar-refractivity contribution in [3.63, 3.8) is 0 Å². The van der Waals surface area contributed by atoms with E-state index < -0.39 is 18.4 Å². The van der Waals surface area contributed by atoms with Crippen LogP contribution in [0.5, 0.6) is 5.75 Å². The van der Waals surface area contributed by atoms with Crippen molar-refractivity contribution in [1.82, 2.24) is 0 Å². The van der Waals surface area contributed by atoms with Crippen LogP contribution in [0.1, 0.15) is 11.1 Å². The summed E-state index contributed by atoms with van der Waals surface area (Å²) in [5, 5.41) is 0.0750. The monoisotopic (exact) mass is 326 g/mol. The number of hydrogen-bond donors (Lipinski definition) is 0. The lowest BCUT2D eigenvalue weighted by Gasteiger charge is -2.14. The molecule has 0 amide bonds. The van der Waals surface area contributed by atoms with Crippen molar-refractivity contribution >= 4 is 21.9 Å². The van der Waals surface area contributed by atoms with E-state index in [0.717, 1.165) is 19.2 Å². The number of methoxy groups -OCH3 is 1. The van der Waals surface area contributed by atoms with E-state index in [0.29, 0.717) is 0 Å². The largest absolute Gasteiger partial charge is 0.469 e. The third kappa shape index (κ3) is 3.63. The summed E-state index contributed by atoms with van der Waals surface area (Å²) in [4.78, 5) is 11.2. The molecule has 0 aliphatic rings. The SMILES string of the molecule is COC(=O)Cc1c(OC(F)F)ccc(F)c1CBr. The molecule has 0 aliphatic carbocycles. The van der Waals surface area contributed by atoms with Gasteiger partial charge in [0.25, 0.3) is 0 Å². The van der Waals surface area contributed by atoms with Gasteiger partial charge in [0.2, 0.25) is 0 Å². The fourth-order valence-corrected chi connectivity index (χ4v) is 2.01. The zero-order chi connectivity index (χ0) is 13.7. The number of carbonyl (C=O) groups is 1. The number of carbonyl (C=O) groups excluding carboxylic acids is 1. The normalized spacial score (nSPS) is 10.6. The standard InChI is InChI=1S/C11H10BrF3O3/c1-17-10(16)4-6-7(5-12)8(13)2-3-9(6)18-11(14)15/h2-3,11H,4-5H2,1H3. The Hall–Kier alpha value is -1.24. The lowest BCUT2D eigenvalue weighted by Crippen LogP contribution is -2.12. The van der Waals surface area contributed by atoms with E-state index in [1.54, 1.807) is 0 Å². The highest BCUT2D eigenvalue weighted by Gasteiger charge is 2.19. The summed E-state index contributed by atoms with van der Waals surface area (Å²) in [6.45, 7) is -3.05. The first-order valence-electron chi connectivity index (χ1n) is 4.87. The van der Waals surface area contributed by atoms with Crippen LogP contribution in [-0.2, 0) is 21.3 Å². The first kappa shape index (κ1) is 14.8. The molecule has 0 bridgehead atoms. The summed E-state index contributed by atoms with van der Waals surface area (Å²) in [5.74, 6) is -1.50. The number of rotatable bonds is 5. The van der Waals surface area contributed by atoms with Crippen molar-refractivity contribution in [2.75, 3.05) is 7.11 Å². The van der Waals surface area contributed by atoms with Crippen LogP contribution in [0.4, 0.5) is 13.2 Å². The summed E-state index contributed by atoms with van der Waals surface area (Å²) < 4.78 is 46.6. The van der Waals surface area contributed by atoms with Crippen LogP contribution in [0.15, 0.2) is 12.1 Å². The van der Waals surface area contributed by atoms with Gasteiger partial charge in [0.1, 0.15) is 11.6 Å². The van der Waals surface area contributed by atoms with Gasteiger partial charge in [0.15, 0.2) is 0 Å². The second-order valence-corrected chi connectivity index (χ2v) is 3.83. The topological polar surface area (TPSA) is 35.5 Å². The summed E-state index contributed by atoms with van der Waals surface area (Å²) in [7, 11) is 1.16. The lowest BCUT2D eigenvalue weighted by molar-refractivity contribution is -0.139. The first-order chi connectivity index (χ1) is 8.49. The zero-order valence-electron chi connectivity index (χ0n) is 9.38. The van der Waals surface area contributed by atoms with Crippen molar-refractivity contribution in [3.8, 4) is 5.75 Å². The molecule has 1 aromatic carbocycles. The van der Waals surface area contributed by atoms with Gasteiger partial charge in [-0.05, 0) is 12.1 Å². The molecule has 0 fully saturated rings. The van der Waals surface area contributed by atoms with Gasteiger partial charge < -0.3 is 9.47 Å². The molecule has 100 valence electrons. The highest BCUT2D eigenvalue weighted by atomic mass is 79.9. The molecular weight excluding hydrogens is 317 g/mol.